The predicted octanol–water partition coefficient (Wildman–Crippen LogP) is 2.69. The van der Waals surface area contributed by atoms with Crippen molar-refractivity contribution in [2.75, 3.05) is 0 Å². The lowest BCUT2D eigenvalue weighted by Gasteiger charge is -2.05. The first kappa shape index (κ1) is 11.0. The van der Waals surface area contributed by atoms with Gasteiger partial charge in [0.1, 0.15) is 0 Å². The monoisotopic (exact) mass is 353 g/mol. The van der Waals surface area contributed by atoms with Gasteiger partial charge in [0.25, 0.3) is 0 Å². The summed E-state index contributed by atoms with van der Waals surface area (Å²) in [5.41, 5.74) is 1.13. The van der Waals surface area contributed by atoms with E-state index in [-0.39, 0.29) is 5.91 Å². The number of rotatable bonds is 2. The predicted molar refractivity (Wildman–Crippen MR) is 64.4 cm³/mol. The molecule has 1 aromatic carbocycles. The number of carbonyl (C=O) groups is 1. The summed E-state index contributed by atoms with van der Waals surface area (Å²) in [5, 5.41) is 2.77. The number of benzene rings is 1. The van der Waals surface area contributed by atoms with Gasteiger partial charge in [0.2, 0.25) is 5.91 Å². The minimum absolute atomic E-state index is 0.00391. The maximum Gasteiger partial charge on any atom is 0.217 e. The Bertz CT molecular complexity index is 327. The van der Waals surface area contributed by atoms with Crippen LogP contribution in [0, 0.1) is 3.57 Å². The average Bonchev–Trinajstić information content (AvgIpc) is 2.06. The molecule has 0 saturated carbocycles. The van der Waals surface area contributed by atoms with Crippen LogP contribution in [0.25, 0.3) is 0 Å². The Morgan fingerprint density at radius 2 is 2.31 bits per heavy atom. The standard InChI is InChI=1S/C9H9BrINO/c1-6(13)12-5-7-4-8(10)2-3-9(7)11/h2-4H,5H2,1H3,(H,12,13). The van der Waals surface area contributed by atoms with E-state index in [1.807, 2.05) is 18.2 Å². The number of hydrogen-bond acceptors (Lipinski definition) is 1. The third-order valence-corrected chi connectivity index (χ3v) is 3.08. The Hall–Kier alpha value is -0.100. The van der Waals surface area contributed by atoms with Gasteiger partial charge in [0.05, 0.1) is 0 Å². The van der Waals surface area contributed by atoms with Crippen molar-refractivity contribution >= 4 is 44.4 Å². The molecule has 0 aliphatic heterocycles. The molecule has 0 heterocycles. The van der Waals surface area contributed by atoms with E-state index in [2.05, 4.69) is 43.8 Å². The first-order valence-corrected chi connectivity index (χ1v) is 5.65. The summed E-state index contributed by atoms with van der Waals surface area (Å²) in [7, 11) is 0. The maximum absolute atomic E-state index is 10.7. The van der Waals surface area contributed by atoms with Gasteiger partial charge in [-0.05, 0) is 46.4 Å². The van der Waals surface area contributed by atoms with E-state index in [0.29, 0.717) is 6.54 Å². The summed E-state index contributed by atoms with van der Waals surface area (Å²) in [5.74, 6) is -0.00391. The molecule has 0 saturated heterocycles. The molecule has 0 aromatic heterocycles. The van der Waals surface area contributed by atoms with E-state index < -0.39 is 0 Å². The van der Waals surface area contributed by atoms with Crippen LogP contribution in [0.1, 0.15) is 12.5 Å². The van der Waals surface area contributed by atoms with Crippen molar-refractivity contribution in [2.45, 2.75) is 13.5 Å². The molecule has 0 spiro atoms. The number of amides is 1. The minimum atomic E-state index is -0.00391. The first-order chi connectivity index (χ1) is 6.09. The lowest BCUT2D eigenvalue weighted by Crippen LogP contribution is -2.19. The van der Waals surface area contributed by atoms with Gasteiger partial charge in [-0.1, -0.05) is 15.9 Å². The molecule has 0 unspecified atom stereocenters. The van der Waals surface area contributed by atoms with Crippen LogP contribution in [0.5, 0.6) is 0 Å². The lowest BCUT2D eigenvalue weighted by molar-refractivity contribution is -0.119. The van der Waals surface area contributed by atoms with Crippen LogP contribution in [-0.4, -0.2) is 5.91 Å². The van der Waals surface area contributed by atoms with Gasteiger partial charge in [0.15, 0.2) is 0 Å². The highest BCUT2D eigenvalue weighted by molar-refractivity contribution is 14.1. The van der Waals surface area contributed by atoms with Crippen molar-refractivity contribution in [1.29, 1.82) is 0 Å². The topological polar surface area (TPSA) is 29.1 Å². The average molecular weight is 354 g/mol. The Morgan fingerprint density at radius 1 is 1.62 bits per heavy atom. The van der Waals surface area contributed by atoms with Crippen LogP contribution in [0.3, 0.4) is 0 Å². The molecule has 1 amide bonds. The number of halogens is 2. The molecular weight excluding hydrogens is 345 g/mol. The molecule has 1 rings (SSSR count). The van der Waals surface area contributed by atoms with Crippen molar-refractivity contribution in [3.05, 3.63) is 31.8 Å². The van der Waals surface area contributed by atoms with Crippen LogP contribution in [0.15, 0.2) is 22.7 Å². The Morgan fingerprint density at radius 3 is 2.92 bits per heavy atom. The highest BCUT2D eigenvalue weighted by Crippen LogP contribution is 2.18. The Kier molecular flexibility index (Phi) is 4.18. The summed E-state index contributed by atoms with van der Waals surface area (Å²) in [4.78, 5) is 10.7. The quantitative estimate of drug-likeness (QED) is 0.814. The molecule has 0 bridgehead atoms. The normalized spacial score (nSPS) is 9.77. The van der Waals surface area contributed by atoms with Crippen LogP contribution in [0.2, 0.25) is 0 Å². The van der Waals surface area contributed by atoms with Crippen molar-refractivity contribution in [3.63, 3.8) is 0 Å². The van der Waals surface area contributed by atoms with E-state index >= 15 is 0 Å². The summed E-state index contributed by atoms with van der Waals surface area (Å²) in [6.07, 6.45) is 0. The molecule has 0 radical (unpaired) electrons. The molecule has 0 aliphatic carbocycles. The Balaban J connectivity index is 2.75. The zero-order valence-electron chi connectivity index (χ0n) is 7.10. The van der Waals surface area contributed by atoms with Gasteiger partial charge in [-0.3, -0.25) is 4.79 Å². The van der Waals surface area contributed by atoms with Crippen molar-refractivity contribution in [2.24, 2.45) is 0 Å². The van der Waals surface area contributed by atoms with E-state index in [0.717, 1.165) is 13.6 Å². The van der Waals surface area contributed by atoms with Crippen LogP contribution >= 0.6 is 38.5 Å². The summed E-state index contributed by atoms with van der Waals surface area (Å²) in [6.45, 7) is 2.11. The van der Waals surface area contributed by atoms with Crippen molar-refractivity contribution in [3.8, 4) is 0 Å². The summed E-state index contributed by atoms with van der Waals surface area (Å²) < 4.78 is 2.20. The van der Waals surface area contributed by atoms with Crippen molar-refractivity contribution < 1.29 is 4.79 Å². The largest absolute Gasteiger partial charge is 0.352 e. The second-order valence-corrected chi connectivity index (χ2v) is 4.72. The van der Waals surface area contributed by atoms with E-state index in [1.54, 1.807) is 0 Å². The zero-order chi connectivity index (χ0) is 9.84. The molecule has 1 aromatic rings. The van der Waals surface area contributed by atoms with Gasteiger partial charge in [-0.2, -0.15) is 0 Å². The smallest absolute Gasteiger partial charge is 0.217 e. The molecule has 4 heteroatoms. The van der Waals surface area contributed by atoms with Gasteiger partial charge >= 0.3 is 0 Å². The Labute approximate surface area is 99.4 Å². The summed E-state index contributed by atoms with van der Waals surface area (Å²) >= 11 is 5.64. The molecule has 0 fully saturated rings. The fraction of sp³-hybridized carbons (Fsp3) is 0.222. The third-order valence-electron chi connectivity index (χ3n) is 1.54. The van der Waals surface area contributed by atoms with Gasteiger partial charge in [-0.25, -0.2) is 0 Å². The van der Waals surface area contributed by atoms with E-state index in [9.17, 15) is 4.79 Å². The first-order valence-electron chi connectivity index (χ1n) is 3.78. The van der Waals surface area contributed by atoms with E-state index in [1.165, 1.54) is 6.92 Å². The lowest BCUT2D eigenvalue weighted by atomic mass is 10.2. The third kappa shape index (κ3) is 3.64. The van der Waals surface area contributed by atoms with Crippen LogP contribution in [-0.2, 0) is 11.3 Å². The molecule has 0 aliphatic rings. The highest BCUT2D eigenvalue weighted by atomic mass is 127. The molecule has 0 atom stereocenters. The van der Waals surface area contributed by atoms with Gasteiger partial charge in [0, 0.05) is 21.5 Å². The molecular formula is C9H9BrINO. The SMILES string of the molecule is CC(=O)NCc1cc(Br)ccc1I. The number of nitrogens with one attached hydrogen (secondary N) is 1. The second kappa shape index (κ2) is 4.95. The molecule has 70 valence electrons. The summed E-state index contributed by atoms with van der Waals surface area (Å²) in [6, 6.07) is 6.01. The molecule has 1 N–H and O–H groups in total. The second-order valence-electron chi connectivity index (χ2n) is 2.65. The van der Waals surface area contributed by atoms with Crippen molar-refractivity contribution in [1.82, 2.24) is 5.32 Å². The number of carbonyl (C=O) groups excluding carboxylic acids is 1. The van der Waals surface area contributed by atoms with Crippen LogP contribution < -0.4 is 5.32 Å². The van der Waals surface area contributed by atoms with Gasteiger partial charge in [-0.15, -0.1) is 0 Å². The zero-order valence-corrected chi connectivity index (χ0v) is 10.8. The maximum atomic E-state index is 10.7. The minimum Gasteiger partial charge on any atom is -0.352 e. The fourth-order valence-electron chi connectivity index (χ4n) is 0.898. The number of hydrogen-bond donors (Lipinski definition) is 1. The highest BCUT2D eigenvalue weighted by Gasteiger charge is 2.00. The van der Waals surface area contributed by atoms with Gasteiger partial charge < -0.3 is 5.32 Å². The molecule has 2 nitrogen and oxygen atoms in total. The molecule has 13 heavy (non-hydrogen) atoms. The van der Waals surface area contributed by atoms with E-state index in [4.69, 9.17) is 0 Å². The fourth-order valence-corrected chi connectivity index (χ4v) is 1.83. The van der Waals surface area contributed by atoms with Crippen LogP contribution in [0.4, 0.5) is 0 Å².